The van der Waals surface area contributed by atoms with Crippen molar-refractivity contribution < 1.29 is 0 Å². The quantitative estimate of drug-likeness (QED) is 0.607. The summed E-state index contributed by atoms with van der Waals surface area (Å²) in [5.74, 6) is 0. The molecule has 0 saturated heterocycles. The Bertz CT molecular complexity index is 374. The second kappa shape index (κ2) is 4.82. The summed E-state index contributed by atoms with van der Waals surface area (Å²) in [6.07, 6.45) is 0.0787. The van der Waals surface area contributed by atoms with Crippen LogP contribution < -0.4 is 20.9 Å². The summed E-state index contributed by atoms with van der Waals surface area (Å²) in [4.78, 5) is 1.95. The van der Waals surface area contributed by atoms with Gasteiger partial charge in [-0.15, -0.1) is 0 Å². The van der Waals surface area contributed by atoms with Crippen LogP contribution in [-0.4, -0.2) is 12.7 Å². The number of fused-ring (bicyclic) bond motifs is 1. The minimum atomic E-state index is 0.0787. The summed E-state index contributed by atoms with van der Waals surface area (Å²) in [5, 5.41) is 9.41. The zero-order valence-electron chi connectivity index (χ0n) is 7.79. The molecular weight excluding hydrogens is 252 g/mol. The van der Waals surface area contributed by atoms with Crippen LogP contribution in [0.3, 0.4) is 0 Å². The summed E-state index contributed by atoms with van der Waals surface area (Å²) < 4.78 is 3.18. The molecule has 1 unspecified atom stereocenters. The van der Waals surface area contributed by atoms with E-state index in [-0.39, 0.29) is 6.17 Å². The molecule has 0 bridgehead atoms. The average Bonchev–Trinajstić information content (AvgIpc) is 2.27. The maximum absolute atomic E-state index is 6.05. The van der Waals surface area contributed by atoms with Crippen LogP contribution in [0, 0.1) is 0 Å². The third-order valence-electron chi connectivity index (χ3n) is 2.04. The van der Waals surface area contributed by atoms with Crippen LogP contribution in [-0.2, 0) is 0 Å². The largest absolute Gasteiger partial charge is 0.367 e. The highest BCUT2D eigenvalue weighted by Gasteiger charge is 2.18. The van der Waals surface area contributed by atoms with Gasteiger partial charge in [-0.05, 0) is 36.0 Å². The highest BCUT2D eigenvalue weighted by molar-refractivity contribution is 7.98. The molecule has 0 spiro atoms. The van der Waals surface area contributed by atoms with Crippen LogP contribution in [0.25, 0.3) is 0 Å². The van der Waals surface area contributed by atoms with Gasteiger partial charge >= 0.3 is 0 Å². The molecule has 1 aliphatic heterocycles. The summed E-state index contributed by atoms with van der Waals surface area (Å²) in [7, 11) is 0. The average molecular weight is 263 g/mol. The maximum Gasteiger partial charge on any atom is 0.0987 e. The van der Waals surface area contributed by atoms with Crippen LogP contribution >= 0.6 is 35.5 Å². The fourth-order valence-electron chi connectivity index (χ4n) is 1.28. The highest BCUT2D eigenvalue weighted by Crippen LogP contribution is 2.37. The first kappa shape index (κ1) is 11.4. The van der Waals surface area contributed by atoms with E-state index in [0.717, 1.165) is 27.4 Å². The first-order valence-electron chi connectivity index (χ1n) is 4.34. The normalized spacial score (nSPS) is 19.5. The number of halogens is 1. The van der Waals surface area contributed by atoms with E-state index in [0.29, 0.717) is 11.6 Å². The zero-order chi connectivity index (χ0) is 10.8. The predicted octanol–water partition coefficient (Wildman–Crippen LogP) is 1.61. The second-order valence-corrected chi connectivity index (χ2v) is 5.01. The van der Waals surface area contributed by atoms with Gasteiger partial charge in [-0.3, -0.25) is 5.14 Å². The molecule has 6 N–H and O–H groups in total. The molecule has 1 atom stereocenters. The molecule has 0 saturated carbocycles. The minimum Gasteiger partial charge on any atom is -0.367 e. The van der Waals surface area contributed by atoms with Crippen molar-refractivity contribution >= 4 is 41.2 Å². The number of rotatable bonds is 2. The molecule has 1 aromatic rings. The summed E-state index contributed by atoms with van der Waals surface area (Å²) in [5.41, 5.74) is 6.56. The van der Waals surface area contributed by atoms with Gasteiger partial charge in [0.25, 0.3) is 0 Å². The van der Waals surface area contributed by atoms with E-state index in [9.17, 15) is 0 Å². The summed E-state index contributed by atoms with van der Waals surface area (Å²) in [6, 6.07) is 3.84. The summed E-state index contributed by atoms with van der Waals surface area (Å²) >= 11 is 8.74. The van der Waals surface area contributed by atoms with E-state index in [1.165, 1.54) is 11.9 Å². The van der Waals surface area contributed by atoms with E-state index in [4.69, 9.17) is 22.5 Å². The second-order valence-electron chi connectivity index (χ2n) is 3.05. The Morgan fingerprint density at radius 1 is 1.53 bits per heavy atom. The lowest BCUT2D eigenvalue weighted by Gasteiger charge is -2.26. The molecule has 15 heavy (non-hydrogen) atoms. The first-order valence-corrected chi connectivity index (χ1v) is 6.41. The molecule has 1 aromatic carbocycles. The number of anilines is 1. The van der Waals surface area contributed by atoms with Gasteiger partial charge in [-0.25, -0.2) is 4.72 Å². The van der Waals surface area contributed by atoms with E-state index in [1.807, 2.05) is 12.1 Å². The molecule has 0 aliphatic carbocycles. The lowest BCUT2D eigenvalue weighted by molar-refractivity contribution is 0.707. The number of benzene rings is 1. The van der Waals surface area contributed by atoms with Gasteiger partial charge in [0.15, 0.2) is 0 Å². The standard InChI is InChI=1S/C8H11ClN4S2/c9-4-1-5-7(2-6(4)14-11)15-13-8(3-10)12-5/h1-2,8,12-13H,3,10-11H2. The minimum absolute atomic E-state index is 0.0787. The van der Waals surface area contributed by atoms with Crippen molar-refractivity contribution in [2.24, 2.45) is 10.9 Å². The Kier molecular flexibility index (Phi) is 3.65. The van der Waals surface area contributed by atoms with Crippen LogP contribution in [0.2, 0.25) is 5.02 Å². The van der Waals surface area contributed by atoms with Crippen LogP contribution in [0.1, 0.15) is 0 Å². The Hall–Kier alpha value is -0.110. The Morgan fingerprint density at radius 2 is 2.33 bits per heavy atom. The molecule has 1 heterocycles. The van der Waals surface area contributed by atoms with Crippen molar-refractivity contribution in [1.82, 2.24) is 4.72 Å². The fraction of sp³-hybridized carbons (Fsp3) is 0.250. The lowest BCUT2D eigenvalue weighted by atomic mass is 10.3. The third kappa shape index (κ3) is 2.35. The Balaban J connectivity index is 2.32. The maximum atomic E-state index is 6.05. The molecule has 4 nitrogen and oxygen atoms in total. The van der Waals surface area contributed by atoms with E-state index in [1.54, 1.807) is 0 Å². The van der Waals surface area contributed by atoms with Crippen molar-refractivity contribution in [3.63, 3.8) is 0 Å². The van der Waals surface area contributed by atoms with Crippen molar-refractivity contribution in [3.05, 3.63) is 17.2 Å². The van der Waals surface area contributed by atoms with Crippen LogP contribution in [0.4, 0.5) is 5.69 Å². The lowest BCUT2D eigenvalue weighted by Crippen LogP contribution is -2.41. The van der Waals surface area contributed by atoms with Crippen molar-refractivity contribution in [3.8, 4) is 0 Å². The van der Waals surface area contributed by atoms with Gasteiger partial charge in [0.1, 0.15) is 0 Å². The molecule has 82 valence electrons. The third-order valence-corrected chi connectivity index (χ3v) is 4.01. The zero-order valence-corrected chi connectivity index (χ0v) is 10.2. The monoisotopic (exact) mass is 262 g/mol. The van der Waals surface area contributed by atoms with E-state index >= 15 is 0 Å². The molecule has 0 amide bonds. The molecule has 1 aliphatic rings. The van der Waals surface area contributed by atoms with Gasteiger partial charge in [0.05, 0.1) is 16.9 Å². The number of hydrogen-bond donors (Lipinski definition) is 4. The van der Waals surface area contributed by atoms with Crippen molar-refractivity contribution in [2.45, 2.75) is 16.0 Å². The van der Waals surface area contributed by atoms with Gasteiger partial charge < -0.3 is 11.1 Å². The molecule has 2 rings (SSSR count). The Morgan fingerprint density at radius 3 is 3.00 bits per heavy atom. The van der Waals surface area contributed by atoms with Gasteiger partial charge in [0.2, 0.25) is 0 Å². The number of nitrogens with two attached hydrogens (primary N) is 2. The highest BCUT2D eigenvalue weighted by atomic mass is 35.5. The molecule has 7 heteroatoms. The summed E-state index contributed by atoms with van der Waals surface area (Å²) in [6.45, 7) is 0.525. The van der Waals surface area contributed by atoms with Gasteiger partial charge in [0, 0.05) is 16.3 Å². The first-order chi connectivity index (χ1) is 7.24. The smallest absolute Gasteiger partial charge is 0.0987 e. The van der Waals surface area contributed by atoms with Crippen molar-refractivity contribution in [2.75, 3.05) is 11.9 Å². The van der Waals surface area contributed by atoms with Crippen LogP contribution in [0.15, 0.2) is 21.9 Å². The molecular formula is C8H11ClN4S2. The predicted molar refractivity (Wildman–Crippen MR) is 67.0 cm³/mol. The Labute approximate surface area is 102 Å². The number of nitrogens with one attached hydrogen (secondary N) is 2. The van der Waals surface area contributed by atoms with Crippen LogP contribution in [0.5, 0.6) is 0 Å². The SMILES string of the molecule is NCC1NSc2cc(SN)c(Cl)cc2N1. The number of hydrogen-bond acceptors (Lipinski definition) is 6. The van der Waals surface area contributed by atoms with Gasteiger partial charge in [-0.2, -0.15) is 0 Å². The topological polar surface area (TPSA) is 76.1 Å². The molecule has 0 radical (unpaired) electrons. The van der Waals surface area contributed by atoms with Gasteiger partial charge in [-0.1, -0.05) is 11.6 Å². The fourth-order valence-corrected chi connectivity index (χ4v) is 2.84. The van der Waals surface area contributed by atoms with E-state index < -0.39 is 0 Å². The van der Waals surface area contributed by atoms with Crippen molar-refractivity contribution in [1.29, 1.82) is 0 Å². The molecule has 0 aromatic heterocycles. The molecule has 0 fully saturated rings. The van der Waals surface area contributed by atoms with E-state index in [2.05, 4.69) is 10.0 Å².